The van der Waals surface area contributed by atoms with Crippen molar-refractivity contribution in [2.45, 2.75) is 62.7 Å². The van der Waals surface area contributed by atoms with E-state index >= 15 is 0 Å². The van der Waals surface area contributed by atoms with Crippen LogP contribution in [0.4, 0.5) is 0 Å². The molecule has 2 saturated heterocycles. The summed E-state index contributed by atoms with van der Waals surface area (Å²) < 4.78 is 6.68. The maximum absolute atomic E-state index is 12.9. The molecule has 1 aromatic heterocycles. The fraction of sp³-hybridized carbons (Fsp3) is 0.533. The maximum atomic E-state index is 12.9. The molecule has 0 radical (unpaired) electrons. The fourth-order valence-corrected chi connectivity index (χ4v) is 8.49. The van der Waals surface area contributed by atoms with E-state index in [0.29, 0.717) is 18.7 Å². The van der Waals surface area contributed by atoms with Gasteiger partial charge in [-0.25, -0.2) is 4.98 Å². The molecule has 1 saturated carbocycles. The molecule has 3 fully saturated rings. The van der Waals surface area contributed by atoms with E-state index in [4.69, 9.17) is 21.2 Å². The van der Waals surface area contributed by atoms with Gasteiger partial charge in [0.05, 0.1) is 22.2 Å². The number of hydrogen-bond acceptors (Lipinski definition) is 6. The molecule has 2 bridgehead atoms. The van der Waals surface area contributed by atoms with Gasteiger partial charge in [-0.3, -0.25) is 9.89 Å². The van der Waals surface area contributed by atoms with E-state index in [9.17, 15) is 10.2 Å². The Balaban J connectivity index is 1.22. The quantitative estimate of drug-likeness (QED) is 0.252. The van der Waals surface area contributed by atoms with Gasteiger partial charge in [-0.1, -0.05) is 37.1 Å². The minimum Gasteiger partial charge on any atom is -0.504 e. The van der Waals surface area contributed by atoms with Gasteiger partial charge < -0.3 is 26.4 Å². The summed E-state index contributed by atoms with van der Waals surface area (Å²) in [7, 11) is 0. The topological polar surface area (TPSA) is 130 Å². The van der Waals surface area contributed by atoms with E-state index in [1.807, 2.05) is 18.2 Å². The van der Waals surface area contributed by atoms with Crippen molar-refractivity contribution >= 4 is 16.9 Å². The number of aliphatic hydroxyl groups excluding tert-OH is 1. The Bertz CT molecular complexity index is 1370. The van der Waals surface area contributed by atoms with Crippen LogP contribution in [-0.4, -0.2) is 57.3 Å². The second-order valence-electron chi connectivity index (χ2n) is 11.9. The molecule has 6 atom stereocenters. The number of benzene rings is 1. The van der Waals surface area contributed by atoms with Gasteiger partial charge in [0.2, 0.25) is 0 Å². The first-order valence-electron chi connectivity index (χ1n) is 14.1. The number of pyridine rings is 1. The third-order valence-corrected chi connectivity index (χ3v) is 10.0. The first kappa shape index (κ1) is 24.0. The van der Waals surface area contributed by atoms with Crippen molar-refractivity contribution in [3.8, 4) is 0 Å². The van der Waals surface area contributed by atoms with Crippen LogP contribution in [-0.2, 0) is 11.2 Å². The zero-order chi connectivity index (χ0) is 26.1. The van der Waals surface area contributed by atoms with Crippen LogP contribution in [0.3, 0.4) is 0 Å². The van der Waals surface area contributed by atoms with E-state index in [2.05, 4.69) is 28.1 Å². The third kappa shape index (κ3) is 3.29. The second-order valence-corrected chi connectivity index (χ2v) is 11.9. The monoisotopic (exact) mass is 515 g/mol. The fourth-order valence-electron chi connectivity index (χ4n) is 8.49. The second kappa shape index (κ2) is 8.71. The van der Waals surface area contributed by atoms with Crippen molar-refractivity contribution in [3.05, 3.63) is 65.3 Å². The molecule has 5 aliphatic rings. The lowest BCUT2D eigenvalue weighted by molar-refractivity contribution is -0.240. The summed E-state index contributed by atoms with van der Waals surface area (Å²) in [6.45, 7) is 2.57. The molecule has 1 spiro atoms. The highest BCUT2D eigenvalue weighted by Crippen LogP contribution is 2.72. The number of nitrogens with two attached hydrogens (primary N) is 2. The Morgan fingerprint density at radius 3 is 2.89 bits per heavy atom. The first-order chi connectivity index (χ1) is 18.4. The molecule has 6 N–H and O–H groups in total. The van der Waals surface area contributed by atoms with Crippen molar-refractivity contribution in [3.63, 3.8) is 0 Å². The SMILES string of the molecule is NC(N)=NCCCCCCN1CCC23C4C5=C(O)C=CC4CC1[C@]2(O)Cc1cc2ccccc2nc1[C@@H]3O5. The Kier molecular flexibility index (Phi) is 5.50. The highest BCUT2D eigenvalue weighted by molar-refractivity contribution is 5.80. The van der Waals surface area contributed by atoms with Crippen LogP contribution in [0.1, 0.15) is 55.9 Å². The van der Waals surface area contributed by atoms with E-state index in [-0.39, 0.29) is 35.7 Å². The van der Waals surface area contributed by atoms with Crippen molar-refractivity contribution in [1.29, 1.82) is 0 Å². The van der Waals surface area contributed by atoms with E-state index in [1.165, 1.54) is 0 Å². The highest BCUT2D eigenvalue weighted by atomic mass is 16.5. The number of aliphatic hydroxyl groups is 2. The van der Waals surface area contributed by atoms with Gasteiger partial charge in [0.15, 0.2) is 11.7 Å². The number of aliphatic imine (C=N–C) groups is 1. The van der Waals surface area contributed by atoms with E-state index in [1.54, 1.807) is 6.08 Å². The van der Waals surface area contributed by atoms with Gasteiger partial charge in [-0.15, -0.1) is 0 Å². The van der Waals surface area contributed by atoms with Gasteiger partial charge in [-0.2, -0.15) is 0 Å². The van der Waals surface area contributed by atoms with Crippen LogP contribution < -0.4 is 11.5 Å². The molecular weight excluding hydrogens is 478 g/mol. The molecule has 3 heterocycles. The number of nitrogens with zero attached hydrogens (tertiary/aromatic N) is 3. The number of fused-ring (bicyclic) bond motifs is 3. The first-order valence-corrected chi connectivity index (χ1v) is 14.1. The Labute approximate surface area is 223 Å². The lowest BCUT2D eigenvalue weighted by atomic mass is 9.44. The van der Waals surface area contributed by atoms with Crippen molar-refractivity contribution in [2.24, 2.45) is 33.7 Å². The minimum atomic E-state index is -0.950. The van der Waals surface area contributed by atoms with Gasteiger partial charge >= 0.3 is 0 Å². The normalized spacial score (nSPS) is 34.6. The van der Waals surface area contributed by atoms with Crippen LogP contribution in [0.5, 0.6) is 0 Å². The lowest BCUT2D eigenvalue weighted by Crippen LogP contribution is -2.75. The van der Waals surface area contributed by atoms with Gasteiger partial charge in [0.1, 0.15) is 11.9 Å². The van der Waals surface area contributed by atoms with Gasteiger partial charge in [0, 0.05) is 30.3 Å². The van der Waals surface area contributed by atoms with Crippen LogP contribution in [0.2, 0.25) is 0 Å². The molecule has 8 nitrogen and oxygen atoms in total. The summed E-state index contributed by atoms with van der Waals surface area (Å²) in [4.78, 5) is 11.7. The molecular formula is C30H37N5O3. The molecule has 0 amide bonds. The molecule has 7 rings (SSSR count). The molecule has 2 aliphatic heterocycles. The van der Waals surface area contributed by atoms with Crippen molar-refractivity contribution < 1.29 is 14.9 Å². The summed E-state index contributed by atoms with van der Waals surface area (Å²) in [5.41, 5.74) is 12.4. The highest BCUT2D eigenvalue weighted by Gasteiger charge is 2.76. The van der Waals surface area contributed by atoms with Crippen LogP contribution in [0.15, 0.2) is 59.0 Å². The Morgan fingerprint density at radius 1 is 1.18 bits per heavy atom. The number of piperidine rings is 1. The molecule has 2 aromatic rings. The number of hydrogen-bond donors (Lipinski definition) is 4. The zero-order valence-electron chi connectivity index (χ0n) is 21.7. The van der Waals surface area contributed by atoms with Crippen LogP contribution >= 0.6 is 0 Å². The Morgan fingerprint density at radius 2 is 2.03 bits per heavy atom. The smallest absolute Gasteiger partial charge is 0.185 e. The summed E-state index contributed by atoms with van der Waals surface area (Å²) in [6, 6.07) is 10.4. The number of guanidine groups is 1. The standard InChI is InChI=1S/C30H37N5O3/c31-28(32)33-12-5-1-2-6-13-35-14-11-29-24-19-9-10-22(36)26(24)38-27(29)25-20(17-30(29,37)23(35)16-19)15-18-7-3-4-8-21(18)34-25/h3-4,7-10,15,19,23-24,27,36-37H,1-2,5-6,11-14,16-17H2,(H4,31,32,33)/t19?,23?,24?,27-,29?,30+/m0/s1. The number of ether oxygens (including phenoxy) is 1. The number of rotatable bonds is 7. The summed E-state index contributed by atoms with van der Waals surface area (Å²) in [6.07, 6.45) is 10.1. The van der Waals surface area contributed by atoms with E-state index in [0.717, 1.165) is 73.8 Å². The molecule has 3 aliphatic carbocycles. The molecule has 1 aromatic carbocycles. The number of allylic oxidation sites excluding steroid dienone is 3. The summed E-state index contributed by atoms with van der Waals surface area (Å²) >= 11 is 0. The van der Waals surface area contributed by atoms with Crippen molar-refractivity contribution in [1.82, 2.24) is 9.88 Å². The molecule has 4 unspecified atom stereocenters. The third-order valence-electron chi connectivity index (χ3n) is 10.0. The number of likely N-dealkylation sites (tertiary alicyclic amines) is 1. The summed E-state index contributed by atoms with van der Waals surface area (Å²) in [5.74, 6) is 1.25. The molecule has 38 heavy (non-hydrogen) atoms. The average Bonchev–Trinajstić information content (AvgIpc) is 3.25. The van der Waals surface area contributed by atoms with Crippen molar-refractivity contribution in [2.75, 3.05) is 19.6 Å². The molecule has 8 heteroatoms. The van der Waals surface area contributed by atoms with Gasteiger partial charge in [0.25, 0.3) is 0 Å². The lowest BCUT2D eigenvalue weighted by Gasteiger charge is -2.65. The Hall–Kier alpha value is -3.10. The molecule has 200 valence electrons. The van der Waals surface area contributed by atoms with E-state index < -0.39 is 11.0 Å². The zero-order valence-corrected chi connectivity index (χ0v) is 21.7. The number of unbranched alkanes of at least 4 members (excludes halogenated alkanes) is 3. The van der Waals surface area contributed by atoms with Gasteiger partial charge in [-0.05, 0) is 68.5 Å². The predicted molar refractivity (Wildman–Crippen MR) is 146 cm³/mol. The summed E-state index contributed by atoms with van der Waals surface area (Å²) in [5, 5.41) is 24.8. The number of aromatic nitrogens is 1. The minimum absolute atomic E-state index is 0.0159. The maximum Gasteiger partial charge on any atom is 0.185 e. The largest absolute Gasteiger partial charge is 0.504 e. The average molecular weight is 516 g/mol. The number of para-hydroxylation sites is 1. The van der Waals surface area contributed by atoms with Crippen LogP contribution in [0, 0.1) is 17.3 Å². The predicted octanol–water partition coefficient (Wildman–Crippen LogP) is 3.46. The van der Waals surface area contributed by atoms with Crippen LogP contribution in [0.25, 0.3) is 10.9 Å².